The van der Waals surface area contributed by atoms with Crippen LogP contribution in [-0.2, 0) is 25.4 Å². The number of nitrogen functional groups attached to an aromatic ring is 1. The number of carbonyl (C=O) groups excluding carboxylic acids is 6. The minimum absolute atomic E-state index is 0.0690. The van der Waals surface area contributed by atoms with Crippen molar-refractivity contribution in [1.82, 2.24) is 50.5 Å². The van der Waals surface area contributed by atoms with Crippen LogP contribution in [0.2, 0.25) is 0 Å². The zero-order chi connectivity index (χ0) is 54.5. The first kappa shape index (κ1) is 53.6. The van der Waals surface area contributed by atoms with E-state index in [0.29, 0.717) is 53.4 Å². The normalized spacial score (nSPS) is 21.6. The summed E-state index contributed by atoms with van der Waals surface area (Å²) in [4.78, 5) is 97.4. The van der Waals surface area contributed by atoms with Crippen LogP contribution >= 0.6 is 0 Å². The Morgan fingerprint density at radius 1 is 0.833 bits per heavy atom. The maximum absolute atomic E-state index is 14.4. The second-order valence-electron chi connectivity index (χ2n) is 21.2. The van der Waals surface area contributed by atoms with Gasteiger partial charge in [-0.15, -0.1) is 0 Å². The molecule has 2 bridgehead atoms. The molecule has 4 aromatic heterocycles. The van der Waals surface area contributed by atoms with E-state index >= 15 is 0 Å². The zero-order valence-electron chi connectivity index (χ0n) is 43.3. The van der Waals surface area contributed by atoms with Gasteiger partial charge in [-0.2, -0.15) is 18.3 Å². The molecule has 19 nitrogen and oxygen atoms in total. The quantitative estimate of drug-likeness (QED) is 0.0885. The number of hydrogen-bond acceptors (Lipinski definition) is 13. The molecule has 22 heteroatoms. The van der Waals surface area contributed by atoms with Crippen molar-refractivity contribution in [1.29, 1.82) is 0 Å². The van der Waals surface area contributed by atoms with Gasteiger partial charge < -0.3 is 36.4 Å². The summed E-state index contributed by atoms with van der Waals surface area (Å²) in [6.07, 6.45) is 13.2. The van der Waals surface area contributed by atoms with Crippen LogP contribution in [0, 0.1) is 11.8 Å². The highest BCUT2D eigenvalue weighted by Crippen LogP contribution is 2.40. The highest BCUT2D eigenvalue weighted by atomic mass is 19.4. The van der Waals surface area contributed by atoms with E-state index in [-0.39, 0.29) is 60.0 Å². The van der Waals surface area contributed by atoms with E-state index in [1.807, 2.05) is 16.8 Å². The van der Waals surface area contributed by atoms with Gasteiger partial charge in [-0.3, -0.25) is 38.8 Å². The van der Waals surface area contributed by atoms with Gasteiger partial charge in [0.15, 0.2) is 0 Å². The van der Waals surface area contributed by atoms with E-state index in [9.17, 15) is 41.9 Å². The summed E-state index contributed by atoms with van der Waals surface area (Å²) in [5.41, 5.74) is 9.63. The largest absolute Gasteiger partial charge is 0.416 e. The summed E-state index contributed by atoms with van der Waals surface area (Å²) in [6.45, 7) is 5.43. The highest BCUT2D eigenvalue weighted by molar-refractivity contribution is 6.06. The number of nitrogens with one attached hydrogen (secondary N) is 4. The van der Waals surface area contributed by atoms with Crippen molar-refractivity contribution in [3.63, 3.8) is 0 Å². The molecule has 0 saturated carbocycles. The second kappa shape index (κ2) is 23.5. The summed E-state index contributed by atoms with van der Waals surface area (Å²) >= 11 is 0. The number of carbonyl (C=O) groups is 6. The Morgan fingerprint density at radius 2 is 1.62 bits per heavy atom. The molecular formula is C56H64F3N13O6. The lowest BCUT2D eigenvalue weighted by Crippen LogP contribution is -2.52. The molecule has 6 amide bonds. The van der Waals surface area contributed by atoms with Crippen LogP contribution in [0.4, 0.5) is 30.5 Å². The van der Waals surface area contributed by atoms with Crippen molar-refractivity contribution in [2.45, 2.75) is 108 Å². The number of likely N-dealkylation sites (tertiary alicyclic amines) is 2. The van der Waals surface area contributed by atoms with Crippen LogP contribution in [0.3, 0.4) is 0 Å². The molecule has 410 valence electrons. The van der Waals surface area contributed by atoms with Gasteiger partial charge in [-0.05, 0) is 119 Å². The summed E-state index contributed by atoms with van der Waals surface area (Å²) < 4.78 is 41.9. The molecule has 10 rings (SSSR count). The number of hydrogen-bond donors (Lipinski definition) is 5. The SMILES string of the molecule is Nc1ncc2c3c1c(-c1ccc(C(=O)Nc4cc(C(F)(F)F)ccn4)cc1)nn3[C@H]1C[C@H](C(=O)NCCCCC/C=C/2)N(C(=O)CCC2CCN(CC3CCN(c4ccc(C(=O)NC5CCC(=O)NC5=O)nc4)CC3)CC2)C1. The third-order valence-corrected chi connectivity index (χ3v) is 15.9. The standard InChI is InChI=1S/C56H64F3N13O6/c57-56(58,59)39-17-23-61-45(28-39)66-52(75)37-10-8-36(9-11-37)49-48-50-38(30-64-51(48)60)6-4-2-1-3-5-22-62-55(78)44-29-41(72(50)68-49)33-71(44)47(74)16-7-34-18-24-69(25-19-34)32-35-20-26-70(27-21-35)40-12-13-42(63-31-40)53(76)65-43-14-15-46(73)67-54(43)77/h4,6,8-13,17,23,28,30-31,34-35,41,43-44H,1-3,5,7,14-16,18-22,24-27,29,32-33H2,(H2,60,64)(H,62,78)(H,65,76)(H,61,66,75)(H,67,73,77)/b6-4+/t41-,43?,44+/m0/s1. The minimum atomic E-state index is -4.60. The number of amides is 6. The van der Waals surface area contributed by atoms with Crippen LogP contribution in [0.15, 0.2) is 73.2 Å². The van der Waals surface area contributed by atoms with E-state index in [4.69, 9.17) is 10.8 Å². The molecule has 5 aromatic rings. The first-order valence-electron chi connectivity index (χ1n) is 27.1. The molecular weight excluding hydrogens is 1010 g/mol. The van der Waals surface area contributed by atoms with Crippen LogP contribution in [0.25, 0.3) is 28.2 Å². The zero-order valence-corrected chi connectivity index (χ0v) is 43.3. The molecule has 3 atom stereocenters. The predicted molar refractivity (Wildman–Crippen MR) is 285 cm³/mol. The van der Waals surface area contributed by atoms with Crippen molar-refractivity contribution in [3.05, 3.63) is 95.6 Å². The van der Waals surface area contributed by atoms with Crippen molar-refractivity contribution in [3.8, 4) is 11.3 Å². The van der Waals surface area contributed by atoms with Gasteiger partial charge >= 0.3 is 6.18 Å². The molecule has 5 aliphatic rings. The first-order valence-corrected chi connectivity index (χ1v) is 27.1. The van der Waals surface area contributed by atoms with Crippen molar-refractivity contribution >= 4 is 69.7 Å². The number of rotatable bonds is 11. The fraction of sp³-hybridized carbons (Fsp3) is 0.464. The van der Waals surface area contributed by atoms with E-state index in [1.165, 1.54) is 0 Å². The monoisotopic (exact) mass is 1070 g/mol. The number of piperidine rings is 3. The molecule has 1 unspecified atom stereocenters. The lowest BCUT2D eigenvalue weighted by molar-refractivity contribution is -0.138. The summed E-state index contributed by atoms with van der Waals surface area (Å²) in [5, 5.41) is 16.2. The topological polar surface area (TPSA) is 243 Å². The van der Waals surface area contributed by atoms with Gasteiger partial charge in [0.25, 0.3) is 11.8 Å². The minimum Gasteiger partial charge on any atom is -0.383 e. The Kier molecular flexibility index (Phi) is 16.1. The van der Waals surface area contributed by atoms with Crippen molar-refractivity contribution in [2.24, 2.45) is 11.8 Å². The number of alkyl halides is 3. The maximum atomic E-state index is 14.4. The molecule has 9 heterocycles. The van der Waals surface area contributed by atoms with Crippen LogP contribution < -0.4 is 31.9 Å². The molecule has 0 radical (unpaired) electrons. The third-order valence-electron chi connectivity index (χ3n) is 15.9. The number of halogens is 3. The molecule has 5 aliphatic heterocycles. The van der Waals surface area contributed by atoms with E-state index in [2.05, 4.69) is 52.1 Å². The predicted octanol–water partition coefficient (Wildman–Crippen LogP) is 6.53. The number of nitrogens with two attached hydrogens (primary N) is 1. The molecule has 78 heavy (non-hydrogen) atoms. The smallest absolute Gasteiger partial charge is 0.383 e. The third kappa shape index (κ3) is 12.3. The van der Waals surface area contributed by atoms with Gasteiger partial charge in [-0.1, -0.05) is 30.7 Å². The number of pyridine rings is 3. The van der Waals surface area contributed by atoms with Crippen molar-refractivity contribution in [2.75, 3.05) is 61.8 Å². The molecule has 4 fully saturated rings. The van der Waals surface area contributed by atoms with Crippen LogP contribution in [-0.4, -0.2) is 128 Å². The number of allylic oxidation sites excluding steroid dienone is 1. The van der Waals surface area contributed by atoms with E-state index in [0.717, 1.165) is 120 Å². The Hall–Kier alpha value is -7.75. The fourth-order valence-corrected chi connectivity index (χ4v) is 11.5. The number of imide groups is 1. The van der Waals surface area contributed by atoms with Gasteiger partial charge in [0.05, 0.1) is 34.4 Å². The Balaban J connectivity index is 0.760. The van der Waals surface area contributed by atoms with Crippen LogP contribution in [0.5, 0.6) is 0 Å². The lowest BCUT2D eigenvalue weighted by atomic mass is 9.90. The number of fused-ring (bicyclic) bond motifs is 3. The maximum Gasteiger partial charge on any atom is 0.416 e. The van der Waals surface area contributed by atoms with Gasteiger partial charge in [0.1, 0.15) is 35.1 Å². The van der Waals surface area contributed by atoms with Gasteiger partial charge in [0.2, 0.25) is 23.6 Å². The number of aromatic nitrogens is 5. The fourth-order valence-electron chi connectivity index (χ4n) is 11.5. The van der Waals surface area contributed by atoms with E-state index < -0.39 is 47.6 Å². The highest BCUT2D eigenvalue weighted by Gasteiger charge is 2.42. The first-order chi connectivity index (χ1) is 37.6. The van der Waals surface area contributed by atoms with Gasteiger partial charge in [0, 0.05) is 81.1 Å². The summed E-state index contributed by atoms with van der Waals surface area (Å²) in [6, 6.07) is 9.74. The Bertz CT molecular complexity index is 3080. The summed E-state index contributed by atoms with van der Waals surface area (Å²) in [5.74, 6) is -1.30. The Labute approximate surface area is 449 Å². The molecule has 0 aliphatic carbocycles. The molecule has 0 spiro atoms. The second-order valence-corrected chi connectivity index (χ2v) is 21.2. The number of nitrogens with zero attached hydrogens (tertiary/aromatic N) is 8. The molecule has 6 N–H and O–H groups in total. The number of anilines is 3. The molecule has 4 saturated heterocycles. The van der Waals surface area contributed by atoms with Crippen molar-refractivity contribution < 1.29 is 41.9 Å². The lowest BCUT2D eigenvalue weighted by Gasteiger charge is -2.38. The number of benzene rings is 1. The summed E-state index contributed by atoms with van der Waals surface area (Å²) in [7, 11) is 0. The van der Waals surface area contributed by atoms with E-state index in [1.54, 1.807) is 47.6 Å². The Morgan fingerprint density at radius 3 is 2.36 bits per heavy atom. The van der Waals surface area contributed by atoms with Gasteiger partial charge in [-0.25, -0.2) is 15.0 Å². The average Bonchev–Trinajstić information content (AvgIpc) is 4.24. The van der Waals surface area contributed by atoms with Crippen LogP contribution in [0.1, 0.15) is 121 Å². The average molecular weight is 1070 g/mol. The molecule has 1 aromatic carbocycles.